The minimum atomic E-state index is -0.438. The number of hydrogen-bond acceptors (Lipinski definition) is 4. The smallest absolute Gasteiger partial charge is 0.377 e. The van der Waals surface area contributed by atoms with Gasteiger partial charge in [0.05, 0.1) is 6.61 Å². The van der Waals surface area contributed by atoms with Crippen LogP contribution < -0.4 is 0 Å². The van der Waals surface area contributed by atoms with E-state index in [2.05, 4.69) is 0 Å². The van der Waals surface area contributed by atoms with E-state index in [0.29, 0.717) is 12.4 Å². The molecule has 23 heavy (non-hydrogen) atoms. The third kappa shape index (κ3) is 3.69. The molecule has 2 atom stereocenters. The van der Waals surface area contributed by atoms with E-state index in [1.165, 1.54) is 12.8 Å². The second-order valence-electron chi connectivity index (χ2n) is 6.05. The van der Waals surface area contributed by atoms with E-state index in [1.54, 1.807) is 6.92 Å². The highest BCUT2D eigenvalue weighted by molar-refractivity contribution is 5.94. The Morgan fingerprint density at radius 2 is 1.70 bits per heavy atom. The molecule has 1 aromatic rings. The van der Waals surface area contributed by atoms with Gasteiger partial charge in [-0.25, -0.2) is 4.79 Å². The van der Waals surface area contributed by atoms with Crippen molar-refractivity contribution in [1.82, 2.24) is 0 Å². The zero-order chi connectivity index (χ0) is 16.1. The van der Waals surface area contributed by atoms with Crippen LogP contribution in [0, 0.1) is 0 Å². The summed E-state index contributed by atoms with van der Waals surface area (Å²) in [5.41, 5.74) is 0.857. The standard InChI is InChI=1S/C19H24O4/c1-2-21-19(20)18-17(14-10-6-5-7-11-14)22-15-12-8-3-4-9-13-16(15)23-18/h5-7,10-11,15-16H,2-4,8-9,12-13H2,1H3/t15-,16+/m1/s1. The molecule has 0 N–H and O–H groups in total. The van der Waals surface area contributed by atoms with Crippen molar-refractivity contribution in [3.8, 4) is 0 Å². The minimum absolute atomic E-state index is 0.0173. The number of benzene rings is 1. The van der Waals surface area contributed by atoms with Crippen LogP contribution in [0.15, 0.2) is 36.1 Å². The van der Waals surface area contributed by atoms with E-state index in [0.717, 1.165) is 31.2 Å². The molecule has 0 spiro atoms. The average Bonchev–Trinajstić information content (AvgIpc) is 2.56. The van der Waals surface area contributed by atoms with Gasteiger partial charge in [-0.3, -0.25) is 0 Å². The monoisotopic (exact) mass is 316 g/mol. The Morgan fingerprint density at radius 3 is 2.35 bits per heavy atom. The van der Waals surface area contributed by atoms with E-state index in [9.17, 15) is 4.79 Å². The Morgan fingerprint density at radius 1 is 1.04 bits per heavy atom. The molecule has 1 aliphatic carbocycles. The molecule has 0 unspecified atom stereocenters. The zero-order valence-electron chi connectivity index (χ0n) is 13.6. The molecule has 0 saturated heterocycles. The largest absolute Gasteiger partial charge is 0.482 e. The van der Waals surface area contributed by atoms with Gasteiger partial charge < -0.3 is 14.2 Å². The first kappa shape index (κ1) is 15.9. The van der Waals surface area contributed by atoms with Crippen LogP contribution in [0.25, 0.3) is 5.76 Å². The molecule has 0 bridgehead atoms. The second kappa shape index (κ2) is 7.53. The highest BCUT2D eigenvalue weighted by Gasteiger charge is 2.37. The highest BCUT2D eigenvalue weighted by atomic mass is 16.6. The van der Waals surface area contributed by atoms with Crippen molar-refractivity contribution in [2.45, 2.75) is 57.7 Å². The van der Waals surface area contributed by atoms with Crippen LogP contribution in [0.4, 0.5) is 0 Å². The van der Waals surface area contributed by atoms with Crippen LogP contribution in [0.5, 0.6) is 0 Å². The number of fused-ring (bicyclic) bond motifs is 1. The van der Waals surface area contributed by atoms with Gasteiger partial charge in [-0.1, -0.05) is 43.2 Å². The van der Waals surface area contributed by atoms with Crippen molar-refractivity contribution in [3.05, 3.63) is 41.7 Å². The van der Waals surface area contributed by atoms with Crippen molar-refractivity contribution in [2.24, 2.45) is 0 Å². The lowest BCUT2D eigenvalue weighted by molar-refractivity contribution is -0.148. The molecular weight excluding hydrogens is 292 g/mol. The van der Waals surface area contributed by atoms with E-state index < -0.39 is 5.97 Å². The summed E-state index contributed by atoms with van der Waals surface area (Å²) in [4.78, 5) is 12.3. The number of hydrogen-bond donors (Lipinski definition) is 0. The lowest BCUT2D eigenvalue weighted by Crippen LogP contribution is -2.38. The van der Waals surface area contributed by atoms with Gasteiger partial charge in [-0.15, -0.1) is 0 Å². The minimum Gasteiger partial charge on any atom is -0.482 e. The van der Waals surface area contributed by atoms with E-state index in [-0.39, 0.29) is 18.0 Å². The van der Waals surface area contributed by atoms with Gasteiger partial charge in [-0.05, 0) is 32.6 Å². The highest BCUT2D eigenvalue weighted by Crippen LogP contribution is 2.35. The third-order valence-corrected chi connectivity index (χ3v) is 4.38. The first-order valence-electron chi connectivity index (χ1n) is 8.59. The molecule has 4 nitrogen and oxygen atoms in total. The maximum atomic E-state index is 12.3. The lowest BCUT2D eigenvalue weighted by atomic mass is 9.95. The number of ether oxygens (including phenoxy) is 3. The van der Waals surface area contributed by atoms with E-state index in [4.69, 9.17) is 14.2 Å². The van der Waals surface area contributed by atoms with E-state index >= 15 is 0 Å². The summed E-state index contributed by atoms with van der Waals surface area (Å²) in [5.74, 6) is 0.303. The molecule has 4 heteroatoms. The molecule has 0 radical (unpaired) electrons. The van der Waals surface area contributed by atoms with Gasteiger partial charge >= 0.3 is 5.97 Å². The van der Waals surface area contributed by atoms with Gasteiger partial charge in [0.15, 0.2) is 5.76 Å². The Labute approximate surface area is 137 Å². The van der Waals surface area contributed by atoms with Crippen molar-refractivity contribution < 1.29 is 19.0 Å². The van der Waals surface area contributed by atoms with Crippen LogP contribution in [0.3, 0.4) is 0 Å². The van der Waals surface area contributed by atoms with Crippen LogP contribution in [-0.4, -0.2) is 24.8 Å². The fourth-order valence-corrected chi connectivity index (χ4v) is 3.22. The maximum absolute atomic E-state index is 12.3. The summed E-state index contributed by atoms with van der Waals surface area (Å²) in [6, 6.07) is 9.66. The quantitative estimate of drug-likeness (QED) is 0.789. The average molecular weight is 316 g/mol. The Hall–Kier alpha value is -1.97. The summed E-state index contributed by atoms with van der Waals surface area (Å²) in [6.45, 7) is 2.12. The molecule has 1 fully saturated rings. The summed E-state index contributed by atoms with van der Waals surface area (Å²) in [6.07, 6.45) is 6.57. The second-order valence-corrected chi connectivity index (χ2v) is 6.05. The van der Waals surface area contributed by atoms with E-state index in [1.807, 2.05) is 30.3 Å². The Bertz CT molecular complexity index is 564. The molecule has 1 aromatic carbocycles. The number of carbonyl (C=O) groups excluding carboxylic acids is 1. The maximum Gasteiger partial charge on any atom is 0.377 e. The van der Waals surface area contributed by atoms with Crippen LogP contribution in [0.2, 0.25) is 0 Å². The predicted molar refractivity (Wildman–Crippen MR) is 87.4 cm³/mol. The fourth-order valence-electron chi connectivity index (χ4n) is 3.22. The van der Waals surface area contributed by atoms with Gasteiger partial charge in [0, 0.05) is 5.56 Å². The molecule has 0 aromatic heterocycles. The summed E-state index contributed by atoms with van der Waals surface area (Å²) in [5, 5.41) is 0. The number of rotatable bonds is 3. The van der Waals surface area contributed by atoms with Gasteiger partial charge in [0.25, 0.3) is 0 Å². The molecular formula is C19H24O4. The normalized spacial score (nSPS) is 24.6. The van der Waals surface area contributed by atoms with Gasteiger partial charge in [0.1, 0.15) is 12.2 Å². The van der Waals surface area contributed by atoms with Gasteiger partial charge in [0.2, 0.25) is 5.76 Å². The first-order chi connectivity index (χ1) is 11.3. The van der Waals surface area contributed by atoms with Crippen LogP contribution in [0.1, 0.15) is 51.0 Å². The van der Waals surface area contributed by atoms with Crippen molar-refractivity contribution >= 4 is 11.7 Å². The van der Waals surface area contributed by atoms with Crippen LogP contribution >= 0.6 is 0 Å². The SMILES string of the molecule is CCOC(=O)C1=C(c2ccccc2)O[C@@H]2CCCCCC[C@@H]2O1. The topological polar surface area (TPSA) is 44.8 Å². The first-order valence-corrected chi connectivity index (χ1v) is 8.59. The Balaban J connectivity index is 1.94. The molecule has 1 heterocycles. The fraction of sp³-hybridized carbons (Fsp3) is 0.526. The van der Waals surface area contributed by atoms with Crippen molar-refractivity contribution in [1.29, 1.82) is 0 Å². The summed E-state index contributed by atoms with van der Waals surface area (Å²) in [7, 11) is 0. The summed E-state index contributed by atoms with van der Waals surface area (Å²) < 4.78 is 17.5. The number of esters is 1. The van der Waals surface area contributed by atoms with Crippen LogP contribution in [-0.2, 0) is 19.0 Å². The molecule has 3 rings (SSSR count). The predicted octanol–water partition coefficient (Wildman–Crippen LogP) is 4.06. The number of carbonyl (C=O) groups is 1. The van der Waals surface area contributed by atoms with Crippen molar-refractivity contribution in [3.63, 3.8) is 0 Å². The van der Waals surface area contributed by atoms with Crippen molar-refractivity contribution in [2.75, 3.05) is 6.61 Å². The molecule has 1 saturated carbocycles. The zero-order valence-corrected chi connectivity index (χ0v) is 13.6. The third-order valence-electron chi connectivity index (χ3n) is 4.38. The molecule has 124 valence electrons. The molecule has 0 amide bonds. The Kier molecular flexibility index (Phi) is 5.21. The lowest BCUT2D eigenvalue weighted by Gasteiger charge is -2.36. The summed E-state index contributed by atoms with van der Waals surface area (Å²) >= 11 is 0. The van der Waals surface area contributed by atoms with Gasteiger partial charge in [-0.2, -0.15) is 0 Å². The molecule has 2 aliphatic rings. The molecule has 1 aliphatic heterocycles.